The van der Waals surface area contributed by atoms with E-state index in [1.165, 1.54) is 19.2 Å². The minimum atomic E-state index is 0.621. The van der Waals surface area contributed by atoms with Crippen molar-refractivity contribution < 1.29 is 0 Å². The lowest BCUT2D eigenvalue weighted by Gasteiger charge is -2.08. The standard InChI is InChI=1S/C10H16B/c1-2-3-9-11-10-7-5-4-6-8-10/h5-8,10H,2-4,9H2,1H3. The SMILES string of the molecule is CCCC[B]C1C=CCC=C1. The van der Waals surface area contributed by atoms with E-state index in [9.17, 15) is 0 Å². The van der Waals surface area contributed by atoms with E-state index in [0.717, 1.165) is 6.42 Å². The van der Waals surface area contributed by atoms with Crippen molar-refractivity contribution in [2.75, 3.05) is 0 Å². The third kappa shape index (κ3) is 3.45. The molecule has 0 amide bonds. The Morgan fingerprint density at radius 2 is 2.09 bits per heavy atom. The Balaban J connectivity index is 2.10. The molecule has 0 nitrogen and oxygen atoms in total. The summed E-state index contributed by atoms with van der Waals surface area (Å²) in [5.74, 6) is 0.621. The van der Waals surface area contributed by atoms with Crippen molar-refractivity contribution in [2.45, 2.75) is 38.3 Å². The summed E-state index contributed by atoms with van der Waals surface area (Å²) in [4.78, 5) is 0. The molecule has 0 aliphatic heterocycles. The van der Waals surface area contributed by atoms with Gasteiger partial charge >= 0.3 is 0 Å². The van der Waals surface area contributed by atoms with Crippen LogP contribution in [-0.4, -0.2) is 7.28 Å². The largest absolute Gasteiger partial charge is 0.123 e. The first-order chi connectivity index (χ1) is 5.43. The highest BCUT2D eigenvalue weighted by Gasteiger charge is 2.02. The van der Waals surface area contributed by atoms with Gasteiger partial charge in [-0.15, -0.1) is 0 Å². The third-order valence-electron chi connectivity index (χ3n) is 1.99. The van der Waals surface area contributed by atoms with Gasteiger partial charge in [0.2, 0.25) is 0 Å². The second kappa shape index (κ2) is 5.23. The van der Waals surface area contributed by atoms with Gasteiger partial charge in [-0.05, 0) is 12.2 Å². The van der Waals surface area contributed by atoms with E-state index >= 15 is 0 Å². The van der Waals surface area contributed by atoms with Crippen molar-refractivity contribution in [3.05, 3.63) is 24.3 Å². The first-order valence-corrected chi connectivity index (χ1v) is 4.60. The molecule has 1 heteroatoms. The summed E-state index contributed by atoms with van der Waals surface area (Å²) in [6, 6.07) is 0. The Bertz CT molecular complexity index is 135. The topological polar surface area (TPSA) is 0 Å². The molecule has 11 heavy (non-hydrogen) atoms. The normalized spacial score (nSPS) is 17.2. The van der Waals surface area contributed by atoms with E-state index in [1.54, 1.807) is 0 Å². The Labute approximate surface area is 70.6 Å². The molecular weight excluding hydrogens is 131 g/mol. The fourth-order valence-electron chi connectivity index (χ4n) is 1.29. The number of allylic oxidation sites excluding steroid dienone is 4. The molecule has 1 aliphatic rings. The van der Waals surface area contributed by atoms with Crippen LogP contribution in [-0.2, 0) is 0 Å². The summed E-state index contributed by atoms with van der Waals surface area (Å²) in [7, 11) is 2.40. The molecule has 0 bridgehead atoms. The molecule has 0 aromatic heterocycles. The molecule has 0 spiro atoms. The Morgan fingerprint density at radius 1 is 1.36 bits per heavy atom. The predicted molar refractivity (Wildman–Crippen MR) is 52.1 cm³/mol. The molecule has 1 radical (unpaired) electrons. The molecule has 1 rings (SSSR count). The van der Waals surface area contributed by atoms with Gasteiger partial charge in [-0.25, -0.2) is 0 Å². The minimum Gasteiger partial charge on any atom is -0.0894 e. The van der Waals surface area contributed by atoms with E-state index in [0.29, 0.717) is 5.82 Å². The third-order valence-corrected chi connectivity index (χ3v) is 1.99. The molecule has 0 atom stereocenters. The first-order valence-electron chi connectivity index (χ1n) is 4.60. The van der Waals surface area contributed by atoms with Gasteiger partial charge < -0.3 is 0 Å². The van der Waals surface area contributed by atoms with Crippen LogP contribution in [0, 0.1) is 0 Å². The molecule has 0 fully saturated rings. The van der Waals surface area contributed by atoms with Gasteiger partial charge in [0.15, 0.2) is 0 Å². The van der Waals surface area contributed by atoms with E-state index in [4.69, 9.17) is 0 Å². The van der Waals surface area contributed by atoms with Crippen molar-refractivity contribution in [2.24, 2.45) is 0 Å². The second-order valence-electron chi connectivity index (χ2n) is 3.05. The highest BCUT2D eigenvalue weighted by atomic mass is 13.9. The molecule has 0 heterocycles. The zero-order valence-electron chi connectivity index (χ0n) is 7.29. The van der Waals surface area contributed by atoms with Gasteiger partial charge in [0, 0.05) is 0 Å². The number of unbranched alkanes of at least 4 members (excludes halogenated alkanes) is 1. The molecule has 59 valence electrons. The van der Waals surface area contributed by atoms with E-state index in [1.807, 2.05) is 0 Å². The Hall–Kier alpha value is -0.455. The van der Waals surface area contributed by atoms with E-state index in [-0.39, 0.29) is 0 Å². The lowest BCUT2D eigenvalue weighted by molar-refractivity contribution is 0.875. The highest BCUT2D eigenvalue weighted by Crippen LogP contribution is 2.15. The lowest BCUT2D eigenvalue weighted by atomic mass is 9.60. The number of rotatable bonds is 4. The monoisotopic (exact) mass is 147 g/mol. The summed E-state index contributed by atoms with van der Waals surface area (Å²) in [6.45, 7) is 2.24. The zero-order valence-corrected chi connectivity index (χ0v) is 7.29. The molecule has 1 aliphatic carbocycles. The zero-order chi connectivity index (χ0) is 7.94. The summed E-state index contributed by atoms with van der Waals surface area (Å²) in [5, 5.41) is 0. The molecule has 0 saturated heterocycles. The summed E-state index contributed by atoms with van der Waals surface area (Å²) in [6.07, 6.45) is 14.1. The minimum absolute atomic E-state index is 0.621. The van der Waals surface area contributed by atoms with Crippen molar-refractivity contribution in [1.29, 1.82) is 0 Å². The van der Waals surface area contributed by atoms with Crippen LogP contribution < -0.4 is 0 Å². The molecule has 0 N–H and O–H groups in total. The first kappa shape index (κ1) is 8.64. The van der Waals surface area contributed by atoms with E-state index < -0.39 is 0 Å². The van der Waals surface area contributed by atoms with Crippen molar-refractivity contribution in [3.8, 4) is 0 Å². The predicted octanol–water partition coefficient (Wildman–Crippen LogP) is 3.21. The Kier molecular flexibility index (Phi) is 4.11. The van der Waals surface area contributed by atoms with Crippen LogP contribution in [0.2, 0.25) is 12.1 Å². The van der Waals surface area contributed by atoms with Crippen LogP contribution in [0.1, 0.15) is 26.2 Å². The van der Waals surface area contributed by atoms with Crippen LogP contribution in [0.5, 0.6) is 0 Å². The summed E-state index contributed by atoms with van der Waals surface area (Å²) in [5.41, 5.74) is 0. The smallest absolute Gasteiger partial charge is 0.0894 e. The van der Waals surface area contributed by atoms with Gasteiger partial charge in [0.1, 0.15) is 7.28 Å². The molecule has 0 aromatic rings. The number of hydrogen-bond acceptors (Lipinski definition) is 0. The fraction of sp³-hybridized carbons (Fsp3) is 0.600. The van der Waals surface area contributed by atoms with Crippen LogP contribution >= 0.6 is 0 Å². The Morgan fingerprint density at radius 3 is 2.73 bits per heavy atom. The number of hydrogen-bond donors (Lipinski definition) is 0. The summed E-state index contributed by atoms with van der Waals surface area (Å²) < 4.78 is 0. The average molecular weight is 147 g/mol. The van der Waals surface area contributed by atoms with Gasteiger partial charge in [-0.2, -0.15) is 0 Å². The maximum Gasteiger partial charge on any atom is 0.123 e. The molecule has 0 saturated carbocycles. The average Bonchev–Trinajstić information content (AvgIpc) is 2.07. The van der Waals surface area contributed by atoms with Crippen LogP contribution in [0.15, 0.2) is 24.3 Å². The van der Waals surface area contributed by atoms with Gasteiger partial charge in [0.05, 0.1) is 0 Å². The summed E-state index contributed by atoms with van der Waals surface area (Å²) >= 11 is 0. The van der Waals surface area contributed by atoms with Crippen molar-refractivity contribution in [1.82, 2.24) is 0 Å². The van der Waals surface area contributed by atoms with Gasteiger partial charge in [-0.1, -0.05) is 50.4 Å². The maximum absolute atomic E-state index is 2.40. The van der Waals surface area contributed by atoms with Crippen LogP contribution in [0.25, 0.3) is 0 Å². The quantitative estimate of drug-likeness (QED) is 0.325. The van der Waals surface area contributed by atoms with Gasteiger partial charge in [-0.3, -0.25) is 0 Å². The highest BCUT2D eigenvalue weighted by molar-refractivity contribution is 6.39. The van der Waals surface area contributed by atoms with Crippen LogP contribution in [0.4, 0.5) is 0 Å². The van der Waals surface area contributed by atoms with Crippen molar-refractivity contribution >= 4 is 7.28 Å². The maximum atomic E-state index is 2.40. The lowest BCUT2D eigenvalue weighted by Crippen LogP contribution is -1.99. The molecular formula is C10H16B. The molecule has 0 unspecified atom stereocenters. The van der Waals surface area contributed by atoms with E-state index in [2.05, 4.69) is 38.5 Å². The second-order valence-corrected chi connectivity index (χ2v) is 3.05. The van der Waals surface area contributed by atoms with Crippen molar-refractivity contribution in [3.63, 3.8) is 0 Å². The van der Waals surface area contributed by atoms with Gasteiger partial charge in [0.25, 0.3) is 0 Å². The fourth-order valence-corrected chi connectivity index (χ4v) is 1.29. The van der Waals surface area contributed by atoms with Crippen LogP contribution in [0.3, 0.4) is 0 Å². The molecule has 0 aromatic carbocycles.